The first-order valence-corrected chi connectivity index (χ1v) is 9.36. The number of benzene rings is 1. The minimum absolute atomic E-state index is 0.0542. The maximum absolute atomic E-state index is 13.0. The van der Waals surface area contributed by atoms with Gasteiger partial charge in [-0.3, -0.25) is 4.79 Å². The van der Waals surface area contributed by atoms with Gasteiger partial charge in [-0.05, 0) is 38.5 Å². The summed E-state index contributed by atoms with van der Waals surface area (Å²) in [6.45, 7) is 4.32. The number of aromatic nitrogens is 2. The van der Waals surface area contributed by atoms with E-state index in [0.29, 0.717) is 17.3 Å². The molecule has 0 bridgehead atoms. The molecule has 1 amide bonds. The smallest absolute Gasteiger partial charge is 0.257 e. The van der Waals surface area contributed by atoms with Crippen LogP contribution in [0.3, 0.4) is 0 Å². The molecule has 0 spiro atoms. The van der Waals surface area contributed by atoms with E-state index in [9.17, 15) is 4.79 Å². The van der Waals surface area contributed by atoms with E-state index in [2.05, 4.69) is 9.97 Å². The summed E-state index contributed by atoms with van der Waals surface area (Å²) in [7, 11) is 1.73. The lowest BCUT2D eigenvalue weighted by atomic mass is 9.93. The molecule has 5 nitrogen and oxygen atoms in total. The molecule has 2 heterocycles. The number of hydrogen-bond donors (Lipinski definition) is 0. The van der Waals surface area contributed by atoms with Crippen LogP contribution in [0.4, 0.5) is 0 Å². The van der Waals surface area contributed by atoms with Gasteiger partial charge in [0.05, 0.1) is 11.3 Å². The predicted octanol–water partition coefficient (Wildman–Crippen LogP) is 3.73. The van der Waals surface area contributed by atoms with E-state index in [1.165, 1.54) is 6.42 Å². The molecule has 2 aromatic rings. The van der Waals surface area contributed by atoms with E-state index in [1.54, 1.807) is 13.3 Å². The number of nitrogens with zero attached hydrogens (tertiary/aromatic N) is 3. The van der Waals surface area contributed by atoms with Crippen LogP contribution in [-0.2, 0) is 4.74 Å². The second kappa shape index (κ2) is 8.90. The molecule has 1 atom stereocenters. The number of aryl methyl sites for hydroxylation is 1. The van der Waals surface area contributed by atoms with Crippen LogP contribution in [0.15, 0.2) is 36.5 Å². The van der Waals surface area contributed by atoms with Crippen molar-refractivity contribution in [1.29, 1.82) is 0 Å². The van der Waals surface area contributed by atoms with Gasteiger partial charge in [0.25, 0.3) is 5.91 Å². The van der Waals surface area contributed by atoms with Gasteiger partial charge in [-0.2, -0.15) is 0 Å². The zero-order valence-electron chi connectivity index (χ0n) is 15.6. The van der Waals surface area contributed by atoms with E-state index in [-0.39, 0.29) is 5.91 Å². The third-order valence-corrected chi connectivity index (χ3v) is 5.01. The Morgan fingerprint density at radius 3 is 2.85 bits per heavy atom. The number of carbonyl (C=O) groups excluding carboxylic acids is 1. The Bertz CT molecular complexity index is 733. The van der Waals surface area contributed by atoms with Gasteiger partial charge < -0.3 is 9.64 Å². The van der Waals surface area contributed by atoms with E-state index in [0.717, 1.165) is 50.2 Å². The van der Waals surface area contributed by atoms with Gasteiger partial charge in [0.1, 0.15) is 0 Å². The third-order valence-electron chi connectivity index (χ3n) is 5.01. The summed E-state index contributed by atoms with van der Waals surface area (Å²) < 4.78 is 5.14. The lowest BCUT2D eigenvalue weighted by molar-refractivity contribution is 0.0659. The fourth-order valence-corrected chi connectivity index (χ4v) is 3.58. The van der Waals surface area contributed by atoms with Crippen LogP contribution in [0.5, 0.6) is 0 Å². The van der Waals surface area contributed by atoms with Gasteiger partial charge >= 0.3 is 0 Å². The standard InChI is InChI=1S/C21H27N3O2/c1-16-19(14-22-20(23-16)18-10-4-3-5-11-18)21(25)24-12-6-8-17(15-24)9-7-13-26-2/h3-5,10-11,14,17H,6-9,12-13,15H2,1-2H3. The van der Waals surface area contributed by atoms with Crippen molar-refractivity contribution in [1.82, 2.24) is 14.9 Å². The van der Waals surface area contributed by atoms with Gasteiger partial charge in [0, 0.05) is 38.6 Å². The zero-order valence-corrected chi connectivity index (χ0v) is 15.6. The molecule has 1 unspecified atom stereocenters. The van der Waals surface area contributed by atoms with Crippen molar-refractivity contribution in [3.05, 3.63) is 47.8 Å². The number of likely N-dealkylation sites (tertiary alicyclic amines) is 1. The maximum atomic E-state index is 13.0. The molecule has 1 aromatic heterocycles. The van der Waals surface area contributed by atoms with Gasteiger partial charge in [-0.15, -0.1) is 0 Å². The summed E-state index contributed by atoms with van der Waals surface area (Å²) in [6.07, 6.45) is 6.10. The molecular weight excluding hydrogens is 326 g/mol. The number of carbonyl (C=O) groups is 1. The summed E-state index contributed by atoms with van der Waals surface area (Å²) in [6, 6.07) is 9.85. The molecule has 1 aliphatic rings. The second-order valence-electron chi connectivity index (χ2n) is 6.95. The molecule has 1 aliphatic heterocycles. The van der Waals surface area contributed by atoms with Crippen molar-refractivity contribution in [2.24, 2.45) is 5.92 Å². The van der Waals surface area contributed by atoms with Crippen LogP contribution in [0.2, 0.25) is 0 Å². The van der Waals surface area contributed by atoms with E-state index < -0.39 is 0 Å². The number of piperidine rings is 1. The molecule has 0 saturated carbocycles. The van der Waals surface area contributed by atoms with Crippen molar-refractivity contribution < 1.29 is 9.53 Å². The first-order chi connectivity index (χ1) is 12.7. The van der Waals surface area contributed by atoms with Crippen molar-refractivity contribution in [2.75, 3.05) is 26.8 Å². The number of rotatable bonds is 6. The molecule has 1 fully saturated rings. The van der Waals surface area contributed by atoms with Crippen molar-refractivity contribution in [3.8, 4) is 11.4 Å². The Morgan fingerprint density at radius 2 is 2.12 bits per heavy atom. The Hall–Kier alpha value is -2.27. The normalized spacial score (nSPS) is 17.3. The van der Waals surface area contributed by atoms with E-state index in [4.69, 9.17) is 4.74 Å². The third kappa shape index (κ3) is 4.47. The average molecular weight is 353 g/mol. The molecule has 1 saturated heterocycles. The highest BCUT2D eigenvalue weighted by atomic mass is 16.5. The summed E-state index contributed by atoms with van der Waals surface area (Å²) >= 11 is 0. The lowest BCUT2D eigenvalue weighted by Crippen LogP contribution is -2.40. The maximum Gasteiger partial charge on any atom is 0.257 e. The highest BCUT2D eigenvalue weighted by Gasteiger charge is 2.25. The van der Waals surface area contributed by atoms with E-state index in [1.807, 2.05) is 42.2 Å². The first-order valence-electron chi connectivity index (χ1n) is 9.36. The number of methoxy groups -OCH3 is 1. The predicted molar refractivity (Wildman–Crippen MR) is 102 cm³/mol. The van der Waals surface area contributed by atoms with Crippen LogP contribution in [0.25, 0.3) is 11.4 Å². The van der Waals surface area contributed by atoms with Crippen molar-refractivity contribution in [3.63, 3.8) is 0 Å². The first kappa shape index (κ1) is 18.5. The molecule has 0 N–H and O–H groups in total. The summed E-state index contributed by atoms with van der Waals surface area (Å²) in [5.41, 5.74) is 2.32. The Morgan fingerprint density at radius 1 is 1.31 bits per heavy atom. The molecule has 26 heavy (non-hydrogen) atoms. The zero-order chi connectivity index (χ0) is 18.4. The van der Waals surface area contributed by atoms with Crippen LogP contribution in [0, 0.1) is 12.8 Å². The fraction of sp³-hybridized carbons (Fsp3) is 0.476. The Balaban J connectivity index is 1.69. The van der Waals surface area contributed by atoms with Gasteiger partial charge in [0.2, 0.25) is 0 Å². The van der Waals surface area contributed by atoms with Gasteiger partial charge in [-0.25, -0.2) is 9.97 Å². The summed E-state index contributed by atoms with van der Waals surface area (Å²) in [5.74, 6) is 1.28. The number of hydrogen-bond acceptors (Lipinski definition) is 4. The fourth-order valence-electron chi connectivity index (χ4n) is 3.58. The quantitative estimate of drug-likeness (QED) is 0.743. The van der Waals surface area contributed by atoms with Crippen LogP contribution in [-0.4, -0.2) is 47.6 Å². The van der Waals surface area contributed by atoms with Crippen molar-refractivity contribution >= 4 is 5.91 Å². The molecule has 0 radical (unpaired) electrons. The molecule has 1 aromatic carbocycles. The largest absolute Gasteiger partial charge is 0.385 e. The highest BCUT2D eigenvalue weighted by molar-refractivity contribution is 5.95. The molecule has 0 aliphatic carbocycles. The van der Waals surface area contributed by atoms with Crippen LogP contribution >= 0.6 is 0 Å². The Labute approximate surface area is 155 Å². The van der Waals surface area contributed by atoms with Gasteiger partial charge in [0.15, 0.2) is 5.82 Å². The van der Waals surface area contributed by atoms with Gasteiger partial charge in [-0.1, -0.05) is 30.3 Å². The highest BCUT2D eigenvalue weighted by Crippen LogP contribution is 2.23. The summed E-state index contributed by atoms with van der Waals surface area (Å²) in [4.78, 5) is 23.9. The van der Waals surface area contributed by atoms with Crippen molar-refractivity contribution in [2.45, 2.75) is 32.6 Å². The van der Waals surface area contributed by atoms with E-state index >= 15 is 0 Å². The Kier molecular flexibility index (Phi) is 6.34. The molecule has 5 heteroatoms. The van der Waals surface area contributed by atoms with Crippen LogP contribution in [0.1, 0.15) is 41.7 Å². The lowest BCUT2D eigenvalue weighted by Gasteiger charge is -2.33. The topological polar surface area (TPSA) is 55.3 Å². The number of ether oxygens (including phenoxy) is 1. The van der Waals surface area contributed by atoms with Crippen LogP contribution < -0.4 is 0 Å². The monoisotopic (exact) mass is 353 g/mol. The number of amides is 1. The molecule has 138 valence electrons. The minimum atomic E-state index is 0.0542. The molecular formula is C21H27N3O2. The SMILES string of the molecule is COCCCC1CCCN(C(=O)c2cnc(-c3ccccc3)nc2C)C1. The molecule has 3 rings (SSSR count). The average Bonchev–Trinajstić information content (AvgIpc) is 2.68. The second-order valence-corrected chi connectivity index (χ2v) is 6.95. The summed E-state index contributed by atoms with van der Waals surface area (Å²) in [5, 5.41) is 0. The minimum Gasteiger partial charge on any atom is -0.385 e.